The minimum Gasteiger partial charge on any atom is -0.507 e. The van der Waals surface area contributed by atoms with E-state index in [0.717, 1.165) is 5.56 Å². The Morgan fingerprint density at radius 3 is 2.17 bits per heavy atom. The van der Waals surface area contributed by atoms with Gasteiger partial charge in [0.1, 0.15) is 23.9 Å². The van der Waals surface area contributed by atoms with Crippen molar-refractivity contribution in [2.45, 2.75) is 19.6 Å². The number of carbonyl (C=O) groups is 2. The van der Waals surface area contributed by atoms with Crippen molar-refractivity contribution in [3.63, 3.8) is 0 Å². The first-order chi connectivity index (χ1) is 17.5. The van der Waals surface area contributed by atoms with Crippen LogP contribution < -0.4 is 9.47 Å². The number of aliphatic hydroxyl groups excluding tert-OH is 1. The molecular formula is C29H29NO6. The van der Waals surface area contributed by atoms with E-state index in [4.69, 9.17) is 14.2 Å². The Morgan fingerprint density at radius 2 is 1.53 bits per heavy atom. The van der Waals surface area contributed by atoms with Crippen LogP contribution in [0.15, 0.2) is 84.4 Å². The number of ketones is 1. The highest BCUT2D eigenvalue weighted by Gasteiger charge is 2.45. The van der Waals surface area contributed by atoms with Gasteiger partial charge in [-0.05, 0) is 54.4 Å². The third-order valence-electron chi connectivity index (χ3n) is 5.96. The number of likely N-dealkylation sites (tertiary alicyclic amines) is 1. The molecule has 1 aliphatic heterocycles. The third kappa shape index (κ3) is 5.42. The van der Waals surface area contributed by atoms with Gasteiger partial charge in [0.15, 0.2) is 0 Å². The van der Waals surface area contributed by atoms with Gasteiger partial charge in [-0.25, -0.2) is 0 Å². The van der Waals surface area contributed by atoms with Gasteiger partial charge in [-0.1, -0.05) is 42.5 Å². The van der Waals surface area contributed by atoms with E-state index >= 15 is 0 Å². The number of nitrogens with zero attached hydrogens (tertiary/aromatic N) is 1. The predicted octanol–water partition coefficient (Wildman–Crippen LogP) is 4.73. The van der Waals surface area contributed by atoms with E-state index in [1.54, 1.807) is 36.4 Å². The quantitative estimate of drug-likeness (QED) is 0.253. The molecule has 0 spiro atoms. The summed E-state index contributed by atoms with van der Waals surface area (Å²) in [6.45, 7) is 3.28. The molecule has 1 saturated heterocycles. The zero-order chi connectivity index (χ0) is 25.5. The van der Waals surface area contributed by atoms with E-state index in [9.17, 15) is 14.7 Å². The molecule has 1 amide bonds. The van der Waals surface area contributed by atoms with Crippen LogP contribution in [0, 0.1) is 0 Å². The van der Waals surface area contributed by atoms with Crippen LogP contribution in [0.2, 0.25) is 0 Å². The van der Waals surface area contributed by atoms with Crippen molar-refractivity contribution in [2.75, 3.05) is 26.9 Å². The summed E-state index contributed by atoms with van der Waals surface area (Å²) in [7, 11) is 1.53. The second kappa shape index (κ2) is 11.6. The molecule has 0 bridgehead atoms. The largest absolute Gasteiger partial charge is 0.507 e. The molecule has 1 fully saturated rings. The Hall–Kier alpha value is -4.10. The summed E-state index contributed by atoms with van der Waals surface area (Å²) < 4.78 is 16.5. The molecular weight excluding hydrogens is 458 g/mol. The van der Waals surface area contributed by atoms with E-state index in [2.05, 4.69) is 0 Å². The summed E-state index contributed by atoms with van der Waals surface area (Å²) in [5.74, 6) is -0.327. The van der Waals surface area contributed by atoms with Gasteiger partial charge in [-0.15, -0.1) is 0 Å². The molecule has 3 aromatic rings. The SMILES string of the molecule is CCOc1ccc(/C(O)=C2/C(=O)C(=O)N(CCOC)C2c2ccc(OCc3ccccc3)cc2)cc1. The molecule has 1 heterocycles. The van der Waals surface area contributed by atoms with E-state index in [1.807, 2.05) is 49.4 Å². The summed E-state index contributed by atoms with van der Waals surface area (Å²) in [4.78, 5) is 27.4. The Bertz CT molecular complexity index is 1220. The Morgan fingerprint density at radius 1 is 0.889 bits per heavy atom. The molecule has 1 aliphatic rings. The zero-order valence-corrected chi connectivity index (χ0v) is 20.3. The van der Waals surface area contributed by atoms with Crippen LogP contribution in [0.25, 0.3) is 5.76 Å². The molecule has 1 atom stereocenters. The van der Waals surface area contributed by atoms with E-state index in [0.29, 0.717) is 35.8 Å². The maximum Gasteiger partial charge on any atom is 0.295 e. The van der Waals surface area contributed by atoms with Crippen LogP contribution in [0.3, 0.4) is 0 Å². The van der Waals surface area contributed by atoms with Crippen molar-refractivity contribution >= 4 is 17.4 Å². The predicted molar refractivity (Wildman–Crippen MR) is 136 cm³/mol. The first kappa shape index (κ1) is 25.0. The molecule has 0 saturated carbocycles. The highest BCUT2D eigenvalue weighted by atomic mass is 16.5. The van der Waals surface area contributed by atoms with Gasteiger partial charge in [-0.2, -0.15) is 0 Å². The summed E-state index contributed by atoms with van der Waals surface area (Å²) in [5.41, 5.74) is 2.20. The van der Waals surface area contributed by atoms with Crippen molar-refractivity contribution < 1.29 is 28.9 Å². The smallest absolute Gasteiger partial charge is 0.295 e. The molecule has 0 aliphatic carbocycles. The molecule has 36 heavy (non-hydrogen) atoms. The lowest BCUT2D eigenvalue weighted by Gasteiger charge is -2.25. The van der Waals surface area contributed by atoms with Crippen LogP contribution in [0.5, 0.6) is 11.5 Å². The average Bonchev–Trinajstić information content (AvgIpc) is 3.16. The number of carbonyl (C=O) groups excluding carboxylic acids is 2. The highest BCUT2D eigenvalue weighted by Crippen LogP contribution is 2.39. The monoisotopic (exact) mass is 487 g/mol. The third-order valence-corrected chi connectivity index (χ3v) is 5.96. The maximum absolute atomic E-state index is 13.1. The number of hydrogen-bond donors (Lipinski definition) is 1. The highest BCUT2D eigenvalue weighted by molar-refractivity contribution is 6.46. The van der Waals surface area contributed by atoms with Gasteiger partial charge in [-0.3, -0.25) is 9.59 Å². The standard InChI is InChI=1S/C29H29NO6/c1-3-35-23-15-11-22(12-16-23)27(31)25-26(30(17-18-34-2)29(33)28(25)32)21-9-13-24(14-10-21)36-19-20-7-5-4-6-8-20/h4-16,26,31H,3,17-19H2,1-2H3/b27-25-. The molecule has 7 heteroatoms. The fourth-order valence-corrected chi connectivity index (χ4v) is 4.17. The van der Waals surface area contributed by atoms with E-state index in [1.165, 1.54) is 12.0 Å². The number of hydrogen-bond acceptors (Lipinski definition) is 6. The molecule has 4 rings (SSSR count). The molecule has 186 valence electrons. The number of aliphatic hydroxyl groups is 1. The molecule has 0 radical (unpaired) electrons. The first-order valence-corrected chi connectivity index (χ1v) is 11.8. The first-order valence-electron chi connectivity index (χ1n) is 11.8. The zero-order valence-electron chi connectivity index (χ0n) is 20.3. The van der Waals surface area contributed by atoms with Crippen molar-refractivity contribution in [1.29, 1.82) is 0 Å². The second-order valence-electron chi connectivity index (χ2n) is 8.29. The van der Waals surface area contributed by atoms with Crippen molar-refractivity contribution in [2.24, 2.45) is 0 Å². The topological polar surface area (TPSA) is 85.3 Å². The minimum atomic E-state index is -0.755. The minimum absolute atomic E-state index is 0.0400. The molecule has 1 unspecified atom stereocenters. The fraction of sp³-hybridized carbons (Fsp3) is 0.241. The number of benzene rings is 3. The van der Waals surface area contributed by atoms with Crippen molar-refractivity contribution in [1.82, 2.24) is 4.90 Å². The summed E-state index contributed by atoms with van der Waals surface area (Å²) >= 11 is 0. The van der Waals surface area contributed by atoms with Crippen LogP contribution in [-0.2, 0) is 20.9 Å². The van der Waals surface area contributed by atoms with E-state index < -0.39 is 17.7 Å². The lowest BCUT2D eigenvalue weighted by Crippen LogP contribution is -2.32. The summed E-state index contributed by atoms with van der Waals surface area (Å²) in [6.07, 6.45) is 0. The number of ether oxygens (including phenoxy) is 3. The number of amides is 1. The molecule has 7 nitrogen and oxygen atoms in total. The number of Topliss-reactive ketones (excluding diaryl/α,β-unsaturated/α-hetero) is 1. The lowest BCUT2D eigenvalue weighted by atomic mass is 9.95. The van der Waals surface area contributed by atoms with Crippen LogP contribution in [-0.4, -0.2) is 48.6 Å². The lowest BCUT2D eigenvalue weighted by molar-refractivity contribution is -0.140. The molecule has 3 aromatic carbocycles. The van der Waals surface area contributed by atoms with Gasteiger partial charge in [0.2, 0.25) is 0 Å². The van der Waals surface area contributed by atoms with Crippen molar-refractivity contribution in [3.05, 3.63) is 101 Å². The Labute approximate surface area is 210 Å². The van der Waals surface area contributed by atoms with E-state index in [-0.39, 0.29) is 24.5 Å². The summed E-state index contributed by atoms with van der Waals surface area (Å²) in [5, 5.41) is 11.2. The number of methoxy groups -OCH3 is 1. The maximum atomic E-state index is 13.1. The summed E-state index contributed by atoms with van der Waals surface area (Å²) in [6, 6.07) is 23.0. The Kier molecular flexibility index (Phi) is 8.02. The van der Waals surface area contributed by atoms with Gasteiger partial charge in [0.05, 0.1) is 24.8 Å². The second-order valence-corrected chi connectivity index (χ2v) is 8.29. The van der Waals surface area contributed by atoms with Gasteiger partial charge >= 0.3 is 0 Å². The molecule has 0 aromatic heterocycles. The fourth-order valence-electron chi connectivity index (χ4n) is 4.17. The number of rotatable bonds is 10. The van der Waals surface area contributed by atoms with Crippen LogP contribution in [0.1, 0.15) is 29.7 Å². The van der Waals surface area contributed by atoms with Crippen LogP contribution >= 0.6 is 0 Å². The van der Waals surface area contributed by atoms with Crippen molar-refractivity contribution in [3.8, 4) is 11.5 Å². The Balaban J connectivity index is 1.66. The average molecular weight is 488 g/mol. The van der Waals surface area contributed by atoms with Crippen LogP contribution in [0.4, 0.5) is 0 Å². The molecule has 1 N–H and O–H groups in total. The van der Waals surface area contributed by atoms with Gasteiger partial charge < -0.3 is 24.2 Å². The van der Waals surface area contributed by atoms with Gasteiger partial charge in [0, 0.05) is 19.2 Å². The van der Waals surface area contributed by atoms with Gasteiger partial charge in [0.25, 0.3) is 11.7 Å². The normalized spacial score (nSPS) is 16.8.